The van der Waals surface area contributed by atoms with Crippen molar-refractivity contribution in [2.24, 2.45) is 0 Å². The van der Waals surface area contributed by atoms with Crippen LogP contribution >= 0.6 is 11.8 Å². The van der Waals surface area contributed by atoms with Gasteiger partial charge in [-0.3, -0.25) is 4.79 Å². The maximum Gasteiger partial charge on any atom is 0.282 e. The van der Waals surface area contributed by atoms with Crippen LogP contribution in [0.2, 0.25) is 0 Å². The van der Waals surface area contributed by atoms with Crippen LogP contribution in [0.15, 0.2) is 27.8 Å². The second kappa shape index (κ2) is 10.1. The fraction of sp³-hybridized carbons (Fsp3) is 0.591. The smallest absolute Gasteiger partial charge is 0.282 e. The Balaban J connectivity index is 1.46. The quantitative estimate of drug-likeness (QED) is 0.450. The van der Waals surface area contributed by atoms with Crippen molar-refractivity contribution in [2.75, 3.05) is 39.5 Å². The summed E-state index contributed by atoms with van der Waals surface area (Å²) in [6.45, 7) is 3.03. The van der Waals surface area contributed by atoms with Crippen molar-refractivity contribution >= 4 is 27.9 Å². The first kappa shape index (κ1) is 24.2. The molecular weight excluding hydrogens is 462 g/mol. The lowest BCUT2D eigenvalue weighted by atomic mass is 9.96. The fourth-order valence-electron chi connectivity index (χ4n) is 4.55. The van der Waals surface area contributed by atoms with Gasteiger partial charge in [-0.25, -0.2) is 9.97 Å². The van der Waals surface area contributed by atoms with Crippen LogP contribution in [0, 0.1) is 6.92 Å². The molecule has 0 N–H and O–H groups in total. The zero-order chi connectivity index (χ0) is 23.6. The molecule has 0 atom stereocenters. The van der Waals surface area contributed by atoms with E-state index < -0.39 is 10.2 Å². The molecule has 11 heteroatoms. The summed E-state index contributed by atoms with van der Waals surface area (Å²) in [5.74, 6) is 0.828. The normalized spacial score (nSPS) is 18.7. The van der Waals surface area contributed by atoms with Crippen molar-refractivity contribution in [1.29, 1.82) is 0 Å². The highest BCUT2D eigenvalue weighted by molar-refractivity contribution is 7.98. The van der Waals surface area contributed by atoms with Gasteiger partial charge in [-0.05, 0) is 38.2 Å². The summed E-state index contributed by atoms with van der Waals surface area (Å²) >= 11 is 1.38. The third-order valence-corrected chi connectivity index (χ3v) is 9.24. The number of hydrogen-bond acceptors (Lipinski definition) is 7. The molecule has 0 spiro atoms. The van der Waals surface area contributed by atoms with E-state index in [0.717, 1.165) is 25.7 Å². The van der Waals surface area contributed by atoms with Crippen LogP contribution in [0.25, 0.3) is 11.6 Å². The Kier molecular flexibility index (Phi) is 7.42. The van der Waals surface area contributed by atoms with E-state index in [2.05, 4.69) is 9.97 Å². The number of aromatic nitrogens is 2. The second-order valence-corrected chi connectivity index (χ2v) is 11.3. The van der Waals surface area contributed by atoms with Gasteiger partial charge in [0.25, 0.3) is 16.1 Å². The third kappa shape index (κ3) is 4.96. The maximum atomic E-state index is 13.4. The molecule has 1 saturated carbocycles. The lowest BCUT2D eigenvalue weighted by Gasteiger charge is -2.38. The highest BCUT2D eigenvalue weighted by atomic mass is 32.2. The summed E-state index contributed by atoms with van der Waals surface area (Å²) < 4.78 is 34.8. The van der Waals surface area contributed by atoms with E-state index in [1.165, 1.54) is 22.5 Å². The molecule has 2 aliphatic rings. The van der Waals surface area contributed by atoms with Crippen LogP contribution < -0.4 is 0 Å². The molecule has 9 nitrogen and oxygen atoms in total. The van der Waals surface area contributed by atoms with Crippen LogP contribution in [-0.4, -0.2) is 83.3 Å². The molecular formula is C22H31N5O4S2. The molecule has 4 rings (SSSR count). The second-order valence-electron chi connectivity index (χ2n) is 8.50. The van der Waals surface area contributed by atoms with Gasteiger partial charge in [0.1, 0.15) is 5.03 Å². The third-order valence-electron chi connectivity index (χ3n) is 6.51. The molecule has 0 bridgehead atoms. The lowest BCUT2D eigenvalue weighted by Crippen LogP contribution is -2.55. The number of amides is 1. The summed E-state index contributed by atoms with van der Waals surface area (Å²) in [6, 6.07) is 3.62. The SMILES string of the molecule is CSc1nc(-c2ccco2)nc(C)c1C(=O)N1CCN(S(=O)(=O)N(C)C2CCCCC2)CC1. The molecule has 1 amide bonds. The van der Waals surface area contributed by atoms with E-state index >= 15 is 0 Å². The van der Waals surface area contributed by atoms with E-state index in [0.29, 0.717) is 41.0 Å². The zero-order valence-corrected chi connectivity index (χ0v) is 21.0. The van der Waals surface area contributed by atoms with E-state index in [1.54, 1.807) is 41.6 Å². The van der Waals surface area contributed by atoms with E-state index in [-0.39, 0.29) is 25.0 Å². The van der Waals surface area contributed by atoms with Crippen LogP contribution in [-0.2, 0) is 10.2 Å². The molecule has 1 aliphatic carbocycles. The molecule has 0 unspecified atom stereocenters. The number of nitrogens with zero attached hydrogens (tertiary/aromatic N) is 5. The number of carbonyl (C=O) groups excluding carboxylic acids is 1. The van der Waals surface area contributed by atoms with E-state index in [9.17, 15) is 13.2 Å². The van der Waals surface area contributed by atoms with Crippen molar-refractivity contribution < 1.29 is 17.6 Å². The van der Waals surface area contributed by atoms with Gasteiger partial charge < -0.3 is 9.32 Å². The largest absolute Gasteiger partial charge is 0.461 e. The molecule has 2 aromatic rings. The Hall–Kier alpha value is -1.95. The maximum absolute atomic E-state index is 13.4. The summed E-state index contributed by atoms with van der Waals surface area (Å²) in [5, 5.41) is 0.589. The molecule has 2 aromatic heterocycles. The van der Waals surface area contributed by atoms with Crippen molar-refractivity contribution in [3.63, 3.8) is 0 Å². The van der Waals surface area contributed by atoms with Crippen molar-refractivity contribution in [3.8, 4) is 11.6 Å². The predicted molar refractivity (Wildman–Crippen MR) is 127 cm³/mol. The Morgan fingerprint density at radius 1 is 1.15 bits per heavy atom. The first-order valence-electron chi connectivity index (χ1n) is 11.3. The fourth-order valence-corrected chi connectivity index (χ4v) is 6.75. The van der Waals surface area contributed by atoms with E-state index in [1.807, 2.05) is 6.26 Å². The van der Waals surface area contributed by atoms with Crippen molar-refractivity contribution in [3.05, 3.63) is 29.7 Å². The number of piperazine rings is 1. The van der Waals surface area contributed by atoms with Crippen LogP contribution in [0.5, 0.6) is 0 Å². The van der Waals surface area contributed by atoms with Gasteiger partial charge in [0.15, 0.2) is 11.6 Å². The van der Waals surface area contributed by atoms with Crippen molar-refractivity contribution in [2.45, 2.75) is 50.1 Å². The van der Waals surface area contributed by atoms with Gasteiger partial charge in [-0.2, -0.15) is 17.0 Å². The molecule has 0 radical (unpaired) electrons. The standard InChI is InChI=1S/C22H31N5O4S2/c1-16-19(21(32-3)24-20(23-16)18-10-7-15-31-18)22(28)26-11-13-27(14-12-26)33(29,30)25(2)17-8-5-4-6-9-17/h7,10,15,17H,4-6,8-9,11-14H2,1-3H3. The Morgan fingerprint density at radius 3 is 2.45 bits per heavy atom. The number of rotatable bonds is 6. The van der Waals surface area contributed by atoms with Gasteiger partial charge >= 0.3 is 0 Å². The lowest BCUT2D eigenvalue weighted by molar-refractivity contribution is 0.0687. The zero-order valence-electron chi connectivity index (χ0n) is 19.4. The average Bonchev–Trinajstić information content (AvgIpc) is 3.38. The highest BCUT2D eigenvalue weighted by Gasteiger charge is 2.36. The van der Waals surface area contributed by atoms with Crippen LogP contribution in [0.1, 0.15) is 48.2 Å². The monoisotopic (exact) mass is 493 g/mol. The summed E-state index contributed by atoms with van der Waals surface area (Å²) in [6.07, 6.45) is 8.59. The van der Waals surface area contributed by atoms with Gasteiger partial charge in [0.05, 0.1) is 17.5 Å². The Labute approximate surface area is 199 Å². The topological polar surface area (TPSA) is 99.9 Å². The summed E-state index contributed by atoms with van der Waals surface area (Å²) in [4.78, 5) is 24.1. The minimum absolute atomic E-state index is 0.0695. The Morgan fingerprint density at radius 2 is 1.85 bits per heavy atom. The van der Waals surface area contributed by atoms with Gasteiger partial charge in [-0.1, -0.05) is 19.3 Å². The first-order chi connectivity index (χ1) is 15.8. The minimum Gasteiger partial charge on any atom is -0.461 e. The van der Waals surface area contributed by atoms with Gasteiger partial charge in [0.2, 0.25) is 0 Å². The van der Waals surface area contributed by atoms with Crippen LogP contribution in [0.4, 0.5) is 0 Å². The number of carbonyl (C=O) groups is 1. The minimum atomic E-state index is -3.54. The predicted octanol–water partition coefficient (Wildman–Crippen LogP) is 3.03. The molecule has 1 saturated heterocycles. The average molecular weight is 494 g/mol. The number of furan rings is 1. The molecule has 2 fully saturated rings. The summed E-state index contributed by atoms with van der Waals surface area (Å²) in [5.41, 5.74) is 1.05. The van der Waals surface area contributed by atoms with E-state index in [4.69, 9.17) is 4.42 Å². The molecule has 180 valence electrons. The van der Waals surface area contributed by atoms with Crippen molar-refractivity contribution in [1.82, 2.24) is 23.5 Å². The summed E-state index contributed by atoms with van der Waals surface area (Å²) in [7, 11) is -1.85. The molecule has 1 aliphatic heterocycles. The van der Waals surface area contributed by atoms with Gasteiger partial charge in [0, 0.05) is 39.3 Å². The first-order valence-corrected chi connectivity index (χ1v) is 13.9. The molecule has 3 heterocycles. The van der Waals surface area contributed by atoms with Crippen LogP contribution in [0.3, 0.4) is 0 Å². The number of aryl methyl sites for hydroxylation is 1. The highest BCUT2D eigenvalue weighted by Crippen LogP contribution is 2.28. The molecule has 0 aromatic carbocycles. The number of hydrogen-bond donors (Lipinski definition) is 0. The Bertz CT molecular complexity index is 1080. The molecule has 33 heavy (non-hydrogen) atoms. The number of thioether (sulfide) groups is 1. The van der Waals surface area contributed by atoms with Gasteiger partial charge in [-0.15, -0.1) is 11.8 Å².